The molecule has 1 aromatic heterocycles. The third kappa shape index (κ3) is 9.95. The highest BCUT2D eigenvalue weighted by Crippen LogP contribution is 2.28. The molecule has 0 aliphatic rings. The van der Waals surface area contributed by atoms with Crippen molar-refractivity contribution >= 4 is 35.2 Å². The van der Waals surface area contributed by atoms with Crippen molar-refractivity contribution in [1.29, 1.82) is 0 Å². The van der Waals surface area contributed by atoms with Crippen molar-refractivity contribution in [3.05, 3.63) is 52.0 Å². The highest BCUT2D eigenvalue weighted by Gasteiger charge is 2.30. The number of carbonyl (C=O) groups is 4. The van der Waals surface area contributed by atoms with Crippen LogP contribution < -0.4 is 16.0 Å². The van der Waals surface area contributed by atoms with Crippen LogP contribution in [0, 0.1) is 5.92 Å². The molecule has 214 valence electrons. The summed E-state index contributed by atoms with van der Waals surface area (Å²) in [7, 11) is 1.14. The number of alkyl carbamates (subject to hydrolysis) is 1. The number of rotatable bonds is 12. The van der Waals surface area contributed by atoms with Gasteiger partial charge in [0.1, 0.15) is 22.3 Å². The Kier molecular flexibility index (Phi) is 11.9. The van der Waals surface area contributed by atoms with E-state index in [1.807, 2.05) is 19.9 Å². The first-order chi connectivity index (χ1) is 18.4. The second-order valence-corrected chi connectivity index (χ2v) is 11.0. The van der Waals surface area contributed by atoms with E-state index in [1.54, 1.807) is 50.4 Å². The van der Waals surface area contributed by atoms with Gasteiger partial charge in [0.05, 0.1) is 19.8 Å². The van der Waals surface area contributed by atoms with Gasteiger partial charge in [-0.15, -0.1) is 11.3 Å². The zero-order valence-electron chi connectivity index (χ0n) is 23.1. The summed E-state index contributed by atoms with van der Waals surface area (Å²) in [6.45, 7) is 8.59. The van der Waals surface area contributed by atoms with Gasteiger partial charge in [-0.2, -0.15) is 0 Å². The number of nitrogens with one attached hydrogen (secondary N) is 3. The maximum atomic E-state index is 13.2. The molecule has 0 saturated heterocycles. The number of hydrogen-bond donors (Lipinski definition) is 4. The summed E-state index contributed by atoms with van der Waals surface area (Å²) in [4.78, 5) is 55.0. The molecule has 2 aromatic rings. The van der Waals surface area contributed by atoms with Crippen molar-refractivity contribution < 1.29 is 33.8 Å². The Hall–Kier alpha value is -3.51. The Labute approximate surface area is 232 Å². The summed E-state index contributed by atoms with van der Waals surface area (Å²) < 4.78 is 10.0. The summed E-state index contributed by atoms with van der Waals surface area (Å²) in [5.41, 5.74) is 0.177. The van der Waals surface area contributed by atoms with Crippen molar-refractivity contribution in [3.8, 4) is 0 Å². The van der Waals surface area contributed by atoms with Gasteiger partial charge >= 0.3 is 12.1 Å². The third-order valence-corrected chi connectivity index (χ3v) is 6.72. The van der Waals surface area contributed by atoms with E-state index in [4.69, 9.17) is 4.74 Å². The van der Waals surface area contributed by atoms with Gasteiger partial charge in [-0.1, -0.05) is 50.6 Å². The van der Waals surface area contributed by atoms with Gasteiger partial charge in [-0.05, 0) is 32.3 Å². The van der Waals surface area contributed by atoms with E-state index < -0.39 is 54.2 Å². The van der Waals surface area contributed by atoms with E-state index in [0.717, 1.165) is 19.1 Å². The van der Waals surface area contributed by atoms with E-state index in [1.165, 1.54) is 11.3 Å². The minimum absolute atomic E-state index is 0.00456. The molecule has 3 amide bonds. The van der Waals surface area contributed by atoms with Crippen LogP contribution in [-0.4, -0.2) is 65.4 Å². The number of amides is 3. The molecule has 2 rings (SSSR count). The molecule has 39 heavy (non-hydrogen) atoms. The van der Waals surface area contributed by atoms with Crippen molar-refractivity contribution in [2.24, 2.45) is 5.92 Å². The lowest BCUT2D eigenvalue weighted by molar-refractivity contribution is -0.146. The van der Waals surface area contributed by atoms with Crippen molar-refractivity contribution in [3.63, 3.8) is 0 Å². The van der Waals surface area contributed by atoms with Crippen LogP contribution in [0.2, 0.25) is 0 Å². The first kappa shape index (κ1) is 31.7. The molecule has 0 spiro atoms. The van der Waals surface area contributed by atoms with Gasteiger partial charge in [-0.3, -0.25) is 9.59 Å². The van der Waals surface area contributed by atoms with Crippen LogP contribution in [0.5, 0.6) is 0 Å². The SMILES string of the molecule is CC[C@@H](C)[C@H](NC(=O)OC(C)(C)C)c1nc(C(=O)N[C@H](Cc2ccccc2)C(=O)N[C@H](CO)C(=O)OC)cs1. The molecule has 0 aliphatic heterocycles. The van der Waals surface area contributed by atoms with E-state index in [2.05, 4.69) is 25.7 Å². The number of aliphatic hydroxyl groups excluding tert-OH is 1. The lowest BCUT2D eigenvalue weighted by atomic mass is 10.00. The summed E-state index contributed by atoms with van der Waals surface area (Å²) in [5.74, 6) is -2.08. The van der Waals surface area contributed by atoms with Gasteiger partial charge in [0.2, 0.25) is 5.91 Å². The molecule has 0 saturated carbocycles. The lowest BCUT2D eigenvalue weighted by Crippen LogP contribution is -2.53. The van der Waals surface area contributed by atoms with Crippen molar-refractivity contribution in [2.75, 3.05) is 13.7 Å². The Morgan fingerprint density at radius 3 is 2.28 bits per heavy atom. The number of ether oxygens (including phenoxy) is 2. The predicted octanol–water partition coefficient (Wildman–Crippen LogP) is 2.75. The third-order valence-electron chi connectivity index (χ3n) is 5.80. The highest BCUT2D eigenvalue weighted by molar-refractivity contribution is 7.09. The number of thiazole rings is 1. The van der Waals surface area contributed by atoms with Crippen LogP contribution in [-0.2, 0) is 25.5 Å². The number of methoxy groups -OCH3 is 1. The number of nitrogens with zero attached hydrogens (tertiary/aromatic N) is 1. The second-order valence-electron chi connectivity index (χ2n) is 10.1. The van der Waals surface area contributed by atoms with Crippen LogP contribution in [0.1, 0.15) is 68.1 Å². The number of benzene rings is 1. The molecule has 12 heteroatoms. The second kappa shape index (κ2) is 14.6. The average molecular weight is 563 g/mol. The number of aromatic nitrogens is 1. The molecule has 1 heterocycles. The van der Waals surface area contributed by atoms with Crippen LogP contribution in [0.15, 0.2) is 35.7 Å². The maximum absolute atomic E-state index is 13.2. The van der Waals surface area contributed by atoms with E-state index in [-0.39, 0.29) is 18.0 Å². The Bertz CT molecular complexity index is 1120. The lowest BCUT2D eigenvalue weighted by Gasteiger charge is -2.25. The standard InChI is InChI=1S/C27H38N4O7S/c1-7-16(2)21(31-26(36)38-27(3,4)5)24-30-20(15-39-24)23(34)28-18(13-17-11-9-8-10-12-17)22(33)29-19(14-32)25(35)37-6/h8-12,15-16,18-19,21,32H,7,13-14H2,1-6H3,(H,28,34)(H,29,33)(H,31,36)/t16-,18-,19-,21+/m1/s1. The fourth-order valence-electron chi connectivity index (χ4n) is 3.54. The van der Waals surface area contributed by atoms with Crippen molar-refractivity contribution in [1.82, 2.24) is 20.9 Å². The van der Waals surface area contributed by atoms with Gasteiger partial charge < -0.3 is 30.5 Å². The smallest absolute Gasteiger partial charge is 0.408 e. The monoisotopic (exact) mass is 562 g/mol. The van der Waals surface area contributed by atoms with E-state index in [9.17, 15) is 24.3 Å². The Balaban J connectivity index is 2.24. The molecular weight excluding hydrogens is 524 g/mol. The molecule has 0 bridgehead atoms. The van der Waals surface area contributed by atoms with Crippen molar-refractivity contribution in [2.45, 2.75) is 71.2 Å². The van der Waals surface area contributed by atoms with Gasteiger partial charge in [0.15, 0.2) is 6.04 Å². The maximum Gasteiger partial charge on any atom is 0.408 e. The Morgan fingerprint density at radius 2 is 1.72 bits per heavy atom. The minimum Gasteiger partial charge on any atom is -0.467 e. The fourth-order valence-corrected chi connectivity index (χ4v) is 4.52. The summed E-state index contributed by atoms with van der Waals surface area (Å²) in [5, 5.41) is 19.5. The quantitative estimate of drug-likeness (QED) is 0.288. The predicted molar refractivity (Wildman–Crippen MR) is 146 cm³/mol. The Morgan fingerprint density at radius 1 is 1.05 bits per heavy atom. The van der Waals surface area contributed by atoms with Gasteiger partial charge in [-0.25, -0.2) is 14.6 Å². The fraction of sp³-hybridized carbons (Fsp3) is 0.519. The summed E-state index contributed by atoms with van der Waals surface area (Å²) in [6.07, 6.45) is 0.287. The molecule has 11 nitrogen and oxygen atoms in total. The molecule has 4 N–H and O–H groups in total. The molecule has 0 aliphatic carbocycles. The van der Waals surface area contributed by atoms with E-state index in [0.29, 0.717) is 5.01 Å². The molecule has 1 aromatic carbocycles. The molecule has 0 radical (unpaired) electrons. The molecule has 0 fully saturated rings. The van der Waals surface area contributed by atoms with Gasteiger partial charge in [0, 0.05) is 11.8 Å². The van der Waals surface area contributed by atoms with E-state index >= 15 is 0 Å². The van der Waals surface area contributed by atoms with Crippen LogP contribution in [0.4, 0.5) is 4.79 Å². The minimum atomic E-state index is -1.28. The van der Waals surface area contributed by atoms with Gasteiger partial charge in [0.25, 0.3) is 5.91 Å². The molecule has 0 unspecified atom stereocenters. The van der Waals surface area contributed by atoms with Crippen LogP contribution in [0.3, 0.4) is 0 Å². The number of esters is 1. The average Bonchev–Trinajstić information content (AvgIpc) is 3.38. The number of carbonyl (C=O) groups excluding carboxylic acids is 4. The number of hydrogen-bond acceptors (Lipinski definition) is 9. The normalized spacial score (nSPS) is 14.3. The topological polar surface area (TPSA) is 156 Å². The largest absolute Gasteiger partial charge is 0.467 e. The highest BCUT2D eigenvalue weighted by atomic mass is 32.1. The van der Waals surface area contributed by atoms with Crippen LogP contribution in [0.25, 0.3) is 0 Å². The van der Waals surface area contributed by atoms with Crippen LogP contribution >= 0.6 is 11.3 Å². The first-order valence-electron chi connectivity index (χ1n) is 12.7. The zero-order chi connectivity index (χ0) is 29.2. The zero-order valence-corrected chi connectivity index (χ0v) is 24.0. The number of aliphatic hydroxyl groups is 1. The summed E-state index contributed by atoms with van der Waals surface area (Å²) in [6, 6.07) is 6.20. The summed E-state index contributed by atoms with van der Waals surface area (Å²) >= 11 is 1.21. The first-order valence-corrected chi connectivity index (χ1v) is 13.5. The molecular formula is C27H38N4O7S. The molecule has 4 atom stereocenters.